The first-order valence-corrected chi connectivity index (χ1v) is 25.5. The number of benzene rings is 1. The Hall–Kier alpha value is -6.15. The van der Waals surface area contributed by atoms with E-state index in [2.05, 4.69) is 42.5 Å². The number of hydrogen-bond donors (Lipinski definition) is 12. The van der Waals surface area contributed by atoms with Gasteiger partial charge in [-0.2, -0.15) is 0 Å². The second-order valence-electron chi connectivity index (χ2n) is 17.6. The van der Waals surface area contributed by atoms with E-state index in [0.29, 0.717) is 18.4 Å². The second-order valence-corrected chi connectivity index (χ2v) is 20.2. The van der Waals surface area contributed by atoms with Crippen molar-refractivity contribution < 1.29 is 57.8 Å². The molecule has 2 fully saturated rings. The van der Waals surface area contributed by atoms with Gasteiger partial charge < -0.3 is 69.7 Å². The molecule has 0 aliphatic carbocycles. The summed E-state index contributed by atoms with van der Waals surface area (Å²) in [6, 6.07) is -4.55. The average Bonchev–Trinajstić information content (AvgIpc) is 3.80. The van der Waals surface area contributed by atoms with Crippen molar-refractivity contribution in [1.29, 1.82) is 0 Å². The summed E-state index contributed by atoms with van der Waals surface area (Å²) < 4.78 is 0. The highest BCUT2D eigenvalue weighted by atomic mass is 33.1. The fourth-order valence-corrected chi connectivity index (χ4v) is 9.95. The van der Waals surface area contributed by atoms with Crippen LogP contribution in [0.1, 0.15) is 78.2 Å². The summed E-state index contributed by atoms with van der Waals surface area (Å²) in [5.74, 6) is -9.92. The quantitative estimate of drug-likeness (QED) is 0.0640. The third-order valence-electron chi connectivity index (χ3n) is 11.6. The number of rotatable bonds is 18. The van der Waals surface area contributed by atoms with Crippen LogP contribution in [0, 0.1) is 11.8 Å². The number of phenols is 1. The van der Waals surface area contributed by atoms with Crippen molar-refractivity contribution in [1.82, 2.24) is 47.4 Å². The number of carbonyl (C=O) groups excluding carboxylic acids is 11. The minimum atomic E-state index is -1.74. The maximum absolute atomic E-state index is 14.6. The Balaban J connectivity index is 2.08. The summed E-state index contributed by atoms with van der Waals surface area (Å²) >= 11 is 0. The predicted molar refractivity (Wildman–Crippen MR) is 259 cm³/mol. The average molecular weight is 1020 g/mol. The van der Waals surface area contributed by atoms with Crippen LogP contribution >= 0.6 is 21.6 Å². The maximum Gasteiger partial charge on any atom is 0.246 e. The standard InChI is InChI=1S/C44H68N12O12S2/c1-6-23(4)36-43(67)50-26(13-14-33(45)58)38(62)52-29(18-34(46)59)39(63)54-31(44(68)56-15-7-8-32(56)42(66)53-27(16-22(2)3)37(61)49-19-35(47)60)21-70-69-20-30(48-5)41(65)51-28(40(64)55-36)17-24-9-11-25(57)12-10-24/h9-12,22-23,26-32,36,48,57H,6-8,13-21H2,1-5H3,(H2,45,58)(H2,46,59)(H2,47,60)(H,49,61)(H,50,67)(H,51,65)(H,52,62)(H,53,66)(H,54,63)(H,55,64)/t23-,26-,27-,28-,29-,30-,31-,32-,36-/m0/s1. The van der Waals surface area contributed by atoms with Crippen LogP contribution in [-0.2, 0) is 59.2 Å². The van der Waals surface area contributed by atoms with Gasteiger partial charge >= 0.3 is 0 Å². The number of carbonyl (C=O) groups is 11. The first-order valence-electron chi connectivity index (χ1n) is 23.0. The molecule has 0 radical (unpaired) electrons. The van der Waals surface area contributed by atoms with Crippen LogP contribution in [0.4, 0.5) is 0 Å². The minimum Gasteiger partial charge on any atom is -0.508 e. The van der Waals surface area contributed by atoms with Crippen LogP contribution in [0.25, 0.3) is 0 Å². The van der Waals surface area contributed by atoms with Crippen molar-refractivity contribution in [3.8, 4) is 5.75 Å². The third kappa shape index (κ3) is 18.6. The van der Waals surface area contributed by atoms with E-state index in [4.69, 9.17) is 17.2 Å². The number of phenolic OH excluding ortho intramolecular Hbond substituents is 1. The summed E-state index contributed by atoms with van der Waals surface area (Å²) in [5.41, 5.74) is 16.7. The molecule has 0 spiro atoms. The number of aromatic hydroxyl groups is 1. The van der Waals surface area contributed by atoms with Crippen molar-refractivity contribution in [2.45, 2.75) is 127 Å². The topological polar surface area (TPSA) is 386 Å². The molecule has 0 saturated carbocycles. The highest BCUT2D eigenvalue weighted by molar-refractivity contribution is 8.76. The molecule has 11 amide bonds. The Morgan fingerprint density at radius 1 is 0.786 bits per heavy atom. The molecule has 1 aromatic carbocycles. The Labute approximate surface area is 414 Å². The van der Waals surface area contributed by atoms with Gasteiger partial charge in [-0.25, -0.2) is 0 Å². The van der Waals surface area contributed by atoms with Gasteiger partial charge in [0.2, 0.25) is 65.0 Å². The largest absolute Gasteiger partial charge is 0.508 e. The summed E-state index contributed by atoms with van der Waals surface area (Å²) in [7, 11) is 3.71. The van der Waals surface area contributed by atoms with Crippen molar-refractivity contribution in [3.63, 3.8) is 0 Å². The Morgan fingerprint density at radius 3 is 2.00 bits per heavy atom. The number of amides is 11. The molecule has 2 aliphatic rings. The lowest BCUT2D eigenvalue weighted by atomic mass is 9.96. The highest BCUT2D eigenvalue weighted by Gasteiger charge is 2.41. The lowest BCUT2D eigenvalue weighted by Crippen LogP contribution is -2.61. The Bertz CT molecular complexity index is 2060. The molecule has 9 atom stereocenters. The third-order valence-corrected chi connectivity index (χ3v) is 14.0. The number of nitrogens with two attached hydrogens (primary N) is 3. The zero-order valence-corrected chi connectivity index (χ0v) is 41.6. The number of hydrogen-bond acceptors (Lipinski definition) is 15. The van der Waals surface area contributed by atoms with Gasteiger partial charge in [0, 0.05) is 30.9 Å². The van der Waals surface area contributed by atoms with Crippen molar-refractivity contribution in [2.75, 3.05) is 31.6 Å². The maximum atomic E-state index is 14.6. The first-order chi connectivity index (χ1) is 33.0. The molecule has 0 aromatic heterocycles. The molecule has 2 aliphatic heterocycles. The Morgan fingerprint density at radius 2 is 1.40 bits per heavy atom. The SMILES string of the molecule is CC[C@H](C)[C@@H]1NC(=O)[C@H](Cc2ccc(O)cc2)NC(=O)[C@@H](NC)CSSC[C@@H](C(=O)N2CCC[C@H]2C(=O)N[C@@H](CC(C)C)C(=O)NCC(N)=O)NC(=O)[C@H](CC(N)=O)NC(=O)[C@H](CCC(N)=O)NC1=O. The van der Waals surface area contributed by atoms with E-state index in [0.717, 1.165) is 21.6 Å². The van der Waals surface area contributed by atoms with Crippen molar-refractivity contribution in [3.05, 3.63) is 29.8 Å². The first kappa shape index (κ1) is 58.2. The molecule has 2 saturated heterocycles. The molecule has 26 heteroatoms. The number of likely N-dealkylation sites (tertiary alicyclic amines) is 1. The van der Waals surface area contributed by atoms with E-state index in [1.165, 1.54) is 24.1 Å². The second kappa shape index (κ2) is 28.5. The van der Waals surface area contributed by atoms with Crippen LogP contribution in [0.5, 0.6) is 5.75 Å². The fourth-order valence-electron chi connectivity index (χ4n) is 7.55. The zero-order valence-electron chi connectivity index (χ0n) is 40.0. The van der Waals surface area contributed by atoms with E-state index >= 15 is 0 Å². The van der Waals surface area contributed by atoms with Gasteiger partial charge in [0.15, 0.2) is 0 Å². The number of nitrogens with one attached hydrogen (secondary N) is 8. The van der Waals surface area contributed by atoms with Gasteiger partial charge in [-0.05, 0) is 62.3 Å². The molecule has 388 valence electrons. The lowest BCUT2D eigenvalue weighted by molar-refractivity contribution is -0.142. The fraction of sp³-hybridized carbons (Fsp3) is 0.614. The van der Waals surface area contributed by atoms with E-state index in [9.17, 15) is 57.8 Å². The summed E-state index contributed by atoms with van der Waals surface area (Å²) in [6.07, 6.45) is -0.605. The zero-order chi connectivity index (χ0) is 52.2. The number of likely N-dealkylation sites (N-methyl/N-ethyl adjacent to an activating group) is 1. The van der Waals surface area contributed by atoms with Gasteiger partial charge in [0.05, 0.1) is 19.0 Å². The molecule has 24 nitrogen and oxygen atoms in total. The molecule has 15 N–H and O–H groups in total. The number of primary amides is 3. The van der Waals surface area contributed by atoms with E-state index in [1.807, 2.05) is 13.8 Å². The van der Waals surface area contributed by atoms with Gasteiger partial charge in [-0.15, -0.1) is 0 Å². The minimum absolute atomic E-state index is 0.0345. The molecular formula is C44H68N12O12S2. The lowest BCUT2D eigenvalue weighted by Gasteiger charge is -2.31. The van der Waals surface area contributed by atoms with Crippen LogP contribution in [0.2, 0.25) is 0 Å². The summed E-state index contributed by atoms with van der Waals surface area (Å²) in [6.45, 7) is 6.66. The molecule has 70 heavy (non-hydrogen) atoms. The van der Waals surface area contributed by atoms with E-state index in [1.54, 1.807) is 26.0 Å². The van der Waals surface area contributed by atoms with Gasteiger partial charge in [-0.3, -0.25) is 52.7 Å². The number of nitrogens with zero attached hydrogens (tertiary/aromatic N) is 1. The van der Waals surface area contributed by atoms with Crippen LogP contribution < -0.4 is 59.7 Å². The summed E-state index contributed by atoms with van der Waals surface area (Å²) in [5, 5.41) is 30.9. The van der Waals surface area contributed by atoms with Crippen LogP contribution in [0.3, 0.4) is 0 Å². The molecule has 2 heterocycles. The molecule has 1 aromatic rings. The van der Waals surface area contributed by atoms with Gasteiger partial charge in [0.1, 0.15) is 48.0 Å². The van der Waals surface area contributed by atoms with Crippen molar-refractivity contribution >= 4 is 86.6 Å². The smallest absolute Gasteiger partial charge is 0.246 e. The van der Waals surface area contributed by atoms with Crippen molar-refractivity contribution in [2.24, 2.45) is 29.0 Å². The molecule has 0 bridgehead atoms. The predicted octanol–water partition coefficient (Wildman–Crippen LogP) is -3.35. The van der Waals surface area contributed by atoms with E-state index in [-0.39, 0.29) is 55.4 Å². The van der Waals surface area contributed by atoms with Gasteiger partial charge in [-0.1, -0.05) is 67.8 Å². The van der Waals surface area contributed by atoms with Crippen LogP contribution in [-0.4, -0.2) is 155 Å². The highest BCUT2D eigenvalue weighted by Crippen LogP contribution is 2.26. The van der Waals surface area contributed by atoms with Crippen LogP contribution in [0.15, 0.2) is 24.3 Å². The molecule has 3 rings (SSSR count). The Kier molecular flexibility index (Phi) is 23.7. The molecular weight excluding hydrogens is 953 g/mol. The molecule has 0 unspecified atom stereocenters. The van der Waals surface area contributed by atoms with E-state index < -0.39 is 139 Å². The van der Waals surface area contributed by atoms with Gasteiger partial charge in [0.25, 0.3) is 0 Å². The monoisotopic (exact) mass is 1020 g/mol. The summed E-state index contributed by atoms with van der Waals surface area (Å²) in [4.78, 5) is 149. The normalized spacial score (nSPS) is 24.1.